The zero-order valence-corrected chi connectivity index (χ0v) is 14.3. The minimum absolute atomic E-state index is 0.0241. The summed E-state index contributed by atoms with van der Waals surface area (Å²) in [6.07, 6.45) is 1.40. The Morgan fingerprint density at radius 3 is 2.75 bits per heavy atom. The molecule has 1 fully saturated rings. The maximum absolute atomic E-state index is 11.9. The molecule has 0 bridgehead atoms. The lowest BCUT2D eigenvalue weighted by Crippen LogP contribution is -2.40. The zero-order chi connectivity index (χ0) is 17.5. The summed E-state index contributed by atoms with van der Waals surface area (Å²) in [6, 6.07) is 5.14. The van der Waals surface area contributed by atoms with E-state index in [0.717, 1.165) is 5.56 Å². The Morgan fingerprint density at radius 2 is 2.12 bits per heavy atom. The molecule has 1 amide bonds. The highest BCUT2D eigenvalue weighted by Crippen LogP contribution is 2.24. The Hall–Kier alpha value is -1.79. The van der Waals surface area contributed by atoms with Gasteiger partial charge < -0.3 is 19.9 Å². The average Bonchev–Trinajstić information content (AvgIpc) is 2.55. The van der Waals surface area contributed by atoms with E-state index in [0.29, 0.717) is 36.8 Å². The first-order valence-corrected chi connectivity index (χ1v) is 8.31. The molecule has 6 nitrogen and oxygen atoms in total. The van der Waals surface area contributed by atoms with Crippen LogP contribution in [0.4, 0.5) is 0 Å². The van der Waals surface area contributed by atoms with E-state index >= 15 is 0 Å². The predicted molar refractivity (Wildman–Crippen MR) is 89.4 cm³/mol. The Morgan fingerprint density at radius 1 is 1.42 bits per heavy atom. The number of benzene rings is 1. The summed E-state index contributed by atoms with van der Waals surface area (Å²) in [4.78, 5) is 23.4. The van der Waals surface area contributed by atoms with Crippen molar-refractivity contribution < 1.29 is 24.2 Å². The quantitative estimate of drug-likeness (QED) is 0.783. The minimum Gasteiger partial charge on any atom is -0.484 e. The minimum atomic E-state index is -0.892. The van der Waals surface area contributed by atoms with Crippen molar-refractivity contribution in [2.45, 2.75) is 19.8 Å². The number of amides is 1. The van der Waals surface area contributed by atoms with Crippen LogP contribution < -0.4 is 10.1 Å². The number of carbonyl (C=O) groups is 2. The monoisotopic (exact) mass is 355 g/mol. The molecule has 1 heterocycles. The van der Waals surface area contributed by atoms with E-state index in [2.05, 4.69) is 5.32 Å². The summed E-state index contributed by atoms with van der Waals surface area (Å²) in [6.45, 7) is 2.91. The number of hydrogen-bond donors (Lipinski definition) is 2. The van der Waals surface area contributed by atoms with Crippen molar-refractivity contribution in [3.63, 3.8) is 0 Å². The Balaban J connectivity index is 1.81. The van der Waals surface area contributed by atoms with Crippen LogP contribution in [0.15, 0.2) is 18.2 Å². The molecule has 0 saturated carbocycles. The molecule has 24 heavy (non-hydrogen) atoms. The lowest BCUT2D eigenvalue weighted by atomic mass is 9.86. The van der Waals surface area contributed by atoms with E-state index in [1.807, 2.05) is 6.92 Å². The van der Waals surface area contributed by atoms with Gasteiger partial charge in [-0.1, -0.05) is 11.6 Å². The third-order valence-corrected chi connectivity index (χ3v) is 4.40. The highest BCUT2D eigenvalue weighted by atomic mass is 35.5. The van der Waals surface area contributed by atoms with Crippen molar-refractivity contribution in [3.8, 4) is 5.75 Å². The largest absolute Gasteiger partial charge is 0.484 e. The van der Waals surface area contributed by atoms with E-state index in [4.69, 9.17) is 21.1 Å². The molecule has 7 heteroatoms. The second kappa shape index (κ2) is 8.89. The van der Waals surface area contributed by atoms with Crippen LogP contribution in [0, 0.1) is 18.8 Å². The van der Waals surface area contributed by atoms with Gasteiger partial charge >= 0.3 is 5.97 Å². The molecule has 0 radical (unpaired) electrons. The molecule has 1 unspecified atom stereocenters. The van der Waals surface area contributed by atoms with Crippen molar-refractivity contribution in [1.29, 1.82) is 0 Å². The molecule has 0 aliphatic carbocycles. The first kappa shape index (κ1) is 18.5. The standard InChI is InChI=1S/C17H22ClNO5/c1-11-8-13(18)2-3-15(11)24-10-16(20)19-9-14(17(21)22)12-4-6-23-7-5-12/h2-3,8,12,14H,4-7,9-10H2,1H3,(H,19,20)(H,21,22). The maximum Gasteiger partial charge on any atom is 0.308 e. The molecule has 0 aromatic heterocycles. The summed E-state index contributed by atoms with van der Waals surface area (Å²) in [5.41, 5.74) is 0.834. The van der Waals surface area contributed by atoms with Crippen LogP contribution >= 0.6 is 11.6 Å². The van der Waals surface area contributed by atoms with Crippen LogP contribution in [0.25, 0.3) is 0 Å². The van der Waals surface area contributed by atoms with Gasteiger partial charge in [-0.3, -0.25) is 9.59 Å². The number of carbonyl (C=O) groups excluding carboxylic acids is 1. The molecule has 1 saturated heterocycles. The number of nitrogens with one attached hydrogen (secondary N) is 1. The fourth-order valence-corrected chi connectivity index (χ4v) is 2.99. The van der Waals surface area contributed by atoms with Gasteiger partial charge in [-0.15, -0.1) is 0 Å². The normalized spacial score (nSPS) is 16.4. The summed E-state index contributed by atoms with van der Waals surface area (Å²) in [5.74, 6) is -1.24. The highest BCUT2D eigenvalue weighted by Gasteiger charge is 2.30. The van der Waals surface area contributed by atoms with Gasteiger partial charge in [0.15, 0.2) is 6.61 Å². The van der Waals surface area contributed by atoms with Crippen molar-refractivity contribution in [2.75, 3.05) is 26.4 Å². The molecule has 2 rings (SSSR count). The molecule has 1 aromatic rings. The van der Waals surface area contributed by atoms with Crippen molar-refractivity contribution in [3.05, 3.63) is 28.8 Å². The number of rotatable bonds is 7. The summed E-state index contributed by atoms with van der Waals surface area (Å²) >= 11 is 5.87. The molecule has 132 valence electrons. The molecule has 1 aliphatic heterocycles. The smallest absolute Gasteiger partial charge is 0.308 e. The molecule has 1 aromatic carbocycles. The number of ether oxygens (including phenoxy) is 2. The van der Waals surface area contributed by atoms with Crippen LogP contribution in [0.2, 0.25) is 5.02 Å². The van der Waals surface area contributed by atoms with Crippen molar-refractivity contribution in [2.24, 2.45) is 11.8 Å². The first-order valence-electron chi connectivity index (χ1n) is 7.93. The Bertz CT molecular complexity index is 586. The number of carboxylic acids is 1. The lowest BCUT2D eigenvalue weighted by Gasteiger charge is -2.27. The highest BCUT2D eigenvalue weighted by molar-refractivity contribution is 6.30. The number of hydrogen-bond acceptors (Lipinski definition) is 4. The van der Waals surface area contributed by atoms with Gasteiger partial charge in [0.2, 0.25) is 0 Å². The second-order valence-electron chi connectivity index (χ2n) is 5.90. The van der Waals surface area contributed by atoms with E-state index in [1.54, 1.807) is 18.2 Å². The number of aryl methyl sites for hydroxylation is 1. The van der Waals surface area contributed by atoms with E-state index in [1.165, 1.54) is 0 Å². The second-order valence-corrected chi connectivity index (χ2v) is 6.33. The third kappa shape index (κ3) is 5.39. The summed E-state index contributed by atoms with van der Waals surface area (Å²) < 4.78 is 10.7. The van der Waals surface area contributed by atoms with Gasteiger partial charge in [0.1, 0.15) is 5.75 Å². The first-order chi connectivity index (χ1) is 11.5. The van der Waals surface area contributed by atoms with E-state index < -0.39 is 11.9 Å². The molecule has 0 spiro atoms. The number of halogens is 1. The van der Waals surface area contributed by atoms with Gasteiger partial charge in [0.05, 0.1) is 5.92 Å². The molecule has 1 atom stereocenters. The average molecular weight is 356 g/mol. The van der Waals surface area contributed by atoms with E-state index in [-0.39, 0.29) is 25.0 Å². The van der Waals surface area contributed by atoms with Gasteiger partial charge in [-0.25, -0.2) is 0 Å². The fourth-order valence-electron chi connectivity index (χ4n) is 2.77. The third-order valence-electron chi connectivity index (χ3n) is 4.17. The molecular formula is C17H22ClNO5. The predicted octanol–water partition coefficient (Wildman–Crippen LogP) is 2.27. The lowest BCUT2D eigenvalue weighted by molar-refractivity contribution is -0.145. The van der Waals surface area contributed by atoms with E-state index in [9.17, 15) is 14.7 Å². The van der Waals surface area contributed by atoms with Crippen molar-refractivity contribution >= 4 is 23.5 Å². The van der Waals surface area contributed by atoms with Gasteiger partial charge in [-0.2, -0.15) is 0 Å². The maximum atomic E-state index is 11.9. The molecular weight excluding hydrogens is 334 g/mol. The Labute approximate surface area is 146 Å². The SMILES string of the molecule is Cc1cc(Cl)ccc1OCC(=O)NCC(C(=O)O)C1CCOCC1. The van der Waals surface area contributed by atoms with Crippen LogP contribution in [-0.2, 0) is 14.3 Å². The fraction of sp³-hybridized carbons (Fsp3) is 0.529. The molecule has 2 N–H and O–H groups in total. The van der Waals surface area contributed by atoms with Crippen LogP contribution in [-0.4, -0.2) is 43.3 Å². The number of carboxylic acid groups (broad SMARTS) is 1. The summed E-state index contributed by atoms with van der Waals surface area (Å²) in [5, 5.41) is 12.6. The van der Waals surface area contributed by atoms with Gasteiger partial charge in [0, 0.05) is 24.8 Å². The topological polar surface area (TPSA) is 84.9 Å². The number of aliphatic carboxylic acids is 1. The Kier molecular flexibility index (Phi) is 6.87. The van der Waals surface area contributed by atoms with Gasteiger partial charge in [0.25, 0.3) is 5.91 Å². The van der Waals surface area contributed by atoms with Crippen molar-refractivity contribution in [1.82, 2.24) is 5.32 Å². The van der Waals surface area contributed by atoms with Gasteiger partial charge in [-0.05, 0) is 49.4 Å². The van der Waals surface area contributed by atoms with Crippen LogP contribution in [0.3, 0.4) is 0 Å². The van der Waals surface area contributed by atoms with Crippen LogP contribution in [0.5, 0.6) is 5.75 Å². The zero-order valence-electron chi connectivity index (χ0n) is 13.6. The summed E-state index contributed by atoms with van der Waals surface area (Å²) in [7, 11) is 0. The molecule has 1 aliphatic rings. The van der Waals surface area contributed by atoms with Crippen LogP contribution in [0.1, 0.15) is 18.4 Å².